The molecule has 0 saturated heterocycles. The number of carbonyl (C=O) groups excluding carboxylic acids is 1. The van der Waals surface area contributed by atoms with Crippen LogP contribution in [0.1, 0.15) is 43.6 Å². The highest BCUT2D eigenvalue weighted by molar-refractivity contribution is 7.89. The van der Waals surface area contributed by atoms with Gasteiger partial charge in [0.1, 0.15) is 0 Å². The summed E-state index contributed by atoms with van der Waals surface area (Å²) >= 11 is 0. The quantitative estimate of drug-likeness (QED) is 0.715. The second kappa shape index (κ2) is 7.93. The number of sulfonamides is 1. The minimum atomic E-state index is -3.59. The highest BCUT2D eigenvalue weighted by Gasteiger charge is 2.27. The van der Waals surface area contributed by atoms with Crippen molar-refractivity contribution >= 4 is 16.0 Å². The lowest BCUT2D eigenvalue weighted by Gasteiger charge is -2.26. The Kier molecular flexibility index (Phi) is 6.77. The van der Waals surface area contributed by atoms with E-state index in [2.05, 4.69) is 4.74 Å². The lowest BCUT2D eigenvalue weighted by Crippen LogP contribution is -2.37. The Labute approximate surface area is 139 Å². The van der Waals surface area contributed by atoms with Gasteiger partial charge < -0.3 is 4.74 Å². The third-order valence-corrected chi connectivity index (χ3v) is 5.34. The van der Waals surface area contributed by atoms with E-state index in [9.17, 15) is 13.2 Å². The molecule has 1 aromatic rings. The second-order valence-corrected chi connectivity index (χ2v) is 8.49. The maximum atomic E-state index is 13.0. The SMILES string of the molecule is COC(=O)c1ccc(S(=O)(=O)N(CC(C)C)CC(C)C)c(C)c1. The van der Waals surface area contributed by atoms with Crippen LogP contribution in [-0.4, -0.2) is 38.9 Å². The number of hydrogen-bond acceptors (Lipinski definition) is 4. The van der Waals surface area contributed by atoms with Gasteiger partial charge in [-0.25, -0.2) is 13.2 Å². The van der Waals surface area contributed by atoms with Crippen LogP contribution in [0.2, 0.25) is 0 Å². The van der Waals surface area contributed by atoms with Crippen LogP contribution in [0.25, 0.3) is 0 Å². The molecule has 0 heterocycles. The summed E-state index contributed by atoms with van der Waals surface area (Å²) in [4.78, 5) is 11.8. The molecule has 0 amide bonds. The van der Waals surface area contributed by atoms with Gasteiger partial charge in [-0.3, -0.25) is 0 Å². The maximum Gasteiger partial charge on any atom is 0.337 e. The first-order valence-electron chi connectivity index (χ1n) is 7.78. The van der Waals surface area contributed by atoms with Crippen LogP contribution < -0.4 is 0 Å². The van der Waals surface area contributed by atoms with E-state index in [1.165, 1.54) is 23.5 Å². The molecule has 1 aromatic carbocycles. The summed E-state index contributed by atoms with van der Waals surface area (Å²) in [6.45, 7) is 10.6. The maximum absolute atomic E-state index is 13.0. The molecule has 0 unspecified atom stereocenters. The van der Waals surface area contributed by atoms with E-state index in [1.54, 1.807) is 13.0 Å². The molecule has 5 nitrogen and oxygen atoms in total. The first-order chi connectivity index (χ1) is 10.6. The van der Waals surface area contributed by atoms with Crippen molar-refractivity contribution in [2.24, 2.45) is 11.8 Å². The molecule has 130 valence electrons. The van der Waals surface area contributed by atoms with Crippen LogP contribution in [0.5, 0.6) is 0 Å². The van der Waals surface area contributed by atoms with Crippen LogP contribution in [0, 0.1) is 18.8 Å². The predicted molar refractivity (Wildman–Crippen MR) is 91.0 cm³/mol. The third-order valence-electron chi connectivity index (χ3n) is 3.35. The summed E-state index contributed by atoms with van der Waals surface area (Å²) in [6, 6.07) is 4.54. The van der Waals surface area contributed by atoms with Crippen molar-refractivity contribution in [3.63, 3.8) is 0 Å². The molecule has 0 fully saturated rings. The molecule has 0 aliphatic rings. The summed E-state index contributed by atoms with van der Waals surface area (Å²) in [5.74, 6) is -0.00499. The van der Waals surface area contributed by atoms with Gasteiger partial charge in [-0.15, -0.1) is 0 Å². The van der Waals surface area contributed by atoms with Crippen molar-refractivity contribution in [1.29, 1.82) is 0 Å². The first-order valence-corrected chi connectivity index (χ1v) is 9.22. The van der Waals surface area contributed by atoms with Gasteiger partial charge in [0.15, 0.2) is 0 Å². The molecule has 0 saturated carbocycles. The van der Waals surface area contributed by atoms with Gasteiger partial charge in [0.05, 0.1) is 17.6 Å². The molecule has 0 bridgehead atoms. The van der Waals surface area contributed by atoms with Crippen LogP contribution in [0.4, 0.5) is 0 Å². The Morgan fingerprint density at radius 1 is 1.13 bits per heavy atom. The topological polar surface area (TPSA) is 63.7 Å². The smallest absolute Gasteiger partial charge is 0.337 e. The van der Waals surface area contributed by atoms with Gasteiger partial charge in [-0.2, -0.15) is 4.31 Å². The number of nitrogens with zero attached hydrogens (tertiary/aromatic N) is 1. The fourth-order valence-electron chi connectivity index (χ4n) is 2.41. The Morgan fingerprint density at radius 2 is 1.65 bits per heavy atom. The van der Waals surface area contributed by atoms with Gasteiger partial charge >= 0.3 is 5.97 Å². The summed E-state index contributed by atoms with van der Waals surface area (Å²) in [5, 5.41) is 0. The molecule has 0 aliphatic carbocycles. The largest absolute Gasteiger partial charge is 0.465 e. The number of benzene rings is 1. The number of carbonyl (C=O) groups is 1. The zero-order valence-corrected chi connectivity index (χ0v) is 15.6. The Bertz CT molecular complexity index is 641. The highest BCUT2D eigenvalue weighted by atomic mass is 32.2. The number of methoxy groups -OCH3 is 1. The van der Waals surface area contributed by atoms with Crippen molar-refractivity contribution in [2.75, 3.05) is 20.2 Å². The zero-order chi connectivity index (χ0) is 17.8. The second-order valence-electron chi connectivity index (χ2n) is 6.58. The molecule has 0 aliphatic heterocycles. The van der Waals surface area contributed by atoms with Gasteiger partial charge in [-0.05, 0) is 42.5 Å². The van der Waals surface area contributed by atoms with E-state index in [1.807, 2.05) is 27.7 Å². The van der Waals surface area contributed by atoms with Crippen molar-refractivity contribution < 1.29 is 17.9 Å². The van der Waals surface area contributed by atoms with E-state index in [-0.39, 0.29) is 16.7 Å². The molecule has 0 spiro atoms. The highest BCUT2D eigenvalue weighted by Crippen LogP contribution is 2.23. The Morgan fingerprint density at radius 3 is 2.04 bits per heavy atom. The van der Waals surface area contributed by atoms with Crippen LogP contribution in [0.3, 0.4) is 0 Å². The van der Waals surface area contributed by atoms with E-state index < -0.39 is 16.0 Å². The molecule has 6 heteroatoms. The zero-order valence-electron chi connectivity index (χ0n) is 14.8. The fourth-order valence-corrected chi connectivity index (χ4v) is 4.38. The number of hydrogen-bond donors (Lipinski definition) is 0. The van der Waals surface area contributed by atoms with E-state index >= 15 is 0 Å². The lowest BCUT2D eigenvalue weighted by molar-refractivity contribution is 0.0600. The average molecular weight is 341 g/mol. The normalized spacial score (nSPS) is 12.2. The Balaban J connectivity index is 3.26. The van der Waals surface area contributed by atoms with E-state index in [0.717, 1.165) is 0 Å². The lowest BCUT2D eigenvalue weighted by atomic mass is 10.1. The number of aryl methyl sites for hydroxylation is 1. The summed E-state index contributed by atoms with van der Waals surface area (Å²) in [6.07, 6.45) is 0. The number of rotatable bonds is 7. The van der Waals surface area contributed by atoms with Crippen molar-refractivity contribution in [2.45, 2.75) is 39.5 Å². The molecule has 0 N–H and O–H groups in total. The predicted octanol–water partition coefficient (Wildman–Crippen LogP) is 3.08. The minimum absolute atomic E-state index is 0.234. The molecule has 1 rings (SSSR count). The summed E-state index contributed by atoms with van der Waals surface area (Å²) < 4.78 is 32.2. The van der Waals surface area contributed by atoms with Crippen molar-refractivity contribution in [3.05, 3.63) is 29.3 Å². The third kappa shape index (κ3) is 5.04. The minimum Gasteiger partial charge on any atom is -0.465 e. The summed E-state index contributed by atoms with van der Waals surface area (Å²) in [7, 11) is -2.29. The Hall–Kier alpha value is -1.40. The van der Waals surface area contributed by atoms with Gasteiger partial charge in [0, 0.05) is 13.1 Å². The van der Waals surface area contributed by atoms with Gasteiger partial charge in [-0.1, -0.05) is 27.7 Å². The van der Waals surface area contributed by atoms with Crippen molar-refractivity contribution in [3.8, 4) is 0 Å². The summed E-state index contributed by atoms with van der Waals surface area (Å²) in [5.41, 5.74) is 0.897. The molecule has 0 radical (unpaired) electrons. The number of ether oxygens (including phenoxy) is 1. The van der Waals surface area contributed by atoms with Crippen LogP contribution in [-0.2, 0) is 14.8 Å². The van der Waals surface area contributed by atoms with Crippen LogP contribution in [0.15, 0.2) is 23.1 Å². The van der Waals surface area contributed by atoms with E-state index in [4.69, 9.17) is 0 Å². The van der Waals surface area contributed by atoms with Crippen LogP contribution >= 0.6 is 0 Å². The molecule has 0 aromatic heterocycles. The monoisotopic (exact) mass is 341 g/mol. The molecular formula is C17H27NO4S. The van der Waals surface area contributed by atoms with Crippen molar-refractivity contribution in [1.82, 2.24) is 4.31 Å². The van der Waals surface area contributed by atoms with Gasteiger partial charge in [0.2, 0.25) is 10.0 Å². The molecule has 0 atom stereocenters. The van der Waals surface area contributed by atoms with E-state index in [0.29, 0.717) is 24.2 Å². The average Bonchev–Trinajstić information content (AvgIpc) is 2.44. The first kappa shape index (κ1) is 19.6. The molecule has 23 heavy (non-hydrogen) atoms. The standard InChI is InChI=1S/C17H27NO4S/c1-12(2)10-18(11-13(3)4)23(20,21)16-8-7-15(9-14(16)5)17(19)22-6/h7-9,12-13H,10-11H2,1-6H3. The molecular weight excluding hydrogens is 314 g/mol. The van der Waals surface area contributed by atoms with Gasteiger partial charge in [0.25, 0.3) is 0 Å². The number of esters is 1. The fraction of sp³-hybridized carbons (Fsp3) is 0.588.